The number of rotatable bonds is 2. The zero-order valence-electron chi connectivity index (χ0n) is 7.80. The molecule has 0 spiro atoms. The summed E-state index contributed by atoms with van der Waals surface area (Å²) in [5.41, 5.74) is -0.0850. The molecule has 14 heavy (non-hydrogen) atoms. The second-order valence-electron chi connectivity index (χ2n) is 3.18. The maximum absolute atomic E-state index is 11.5. The molecule has 1 heterocycles. The summed E-state index contributed by atoms with van der Waals surface area (Å²) < 4.78 is 0. The highest BCUT2D eigenvalue weighted by Gasteiger charge is 2.34. The molecule has 1 aliphatic rings. The topological polar surface area (TPSA) is 90.2 Å². The van der Waals surface area contributed by atoms with E-state index in [-0.39, 0.29) is 5.71 Å². The molecule has 1 rings (SSSR count). The molecule has 0 aliphatic carbocycles. The maximum Gasteiger partial charge on any atom is 0.326 e. The summed E-state index contributed by atoms with van der Waals surface area (Å²) in [4.78, 5) is 23.4. The normalized spacial score (nSPS) is 22.5. The fourth-order valence-electron chi connectivity index (χ4n) is 1.52. The van der Waals surface area contributed by atoms with E-state index in [2.05, 4.69) is 5.16 Å². The van der Waals surface area contributed by atoms with Crippen LogP contribution in [0.25, 0.3) is 0 Å². The standard InChI is InChI=1S/C8H12N2O4/c1-5(9-14)7(11)10-4-2-3-6(10)8(12)13/h6,14H,2-4H2,1H3,(H,12,13)/b9-5+/t6-/m0/s1. The number of oxime groups is 1. The van der Waals surface area contributed by atoms with Gasteiger partial charge in [-0.25, -0.2) is 4.79 Å². The van der Waals surface area contributed by atoms with E-state index in [4.69, 9.17) is 10.3 Å². The maximum atomic E-state index is 11.5. The average Bonchev–Trinajstić information content (AvgIpc) is 2.63. The van der Waals surface area contributed by atoms with E-state index >= 15 is 0 Å². The van der Waals surface area contributed by atoms with Gasteiger partial charge in [-0.3, -0.25) is 4.79 Å². The Balaban J connectivity index is 2.77. The number of hydrogen-bond donors (Lipinski definition) is 2. The molecule has 1 aliphatic heterocycles. The summed E-state index contributed by atoms with van der Waals surface area (Å²) in [6.07, 6.45) is 1.13. The molecule has 0 bridgehead atoms. The number of carboxylic acid groups (broad SMARTS) is 1. The fraction of sp³-hybridized carbons (Fsp3) is 0.625. The molecule has 1 saturated heterocycles. The second-order valence-corrected chi connectivity index (χ2v) is 3.18. The van der Waals surface area contributed by atoms with Gasteiger partial charge in [0.1, 0.15) is 11.8 Å². The van der Waals surface area contributed by atoms with Crippen LogP contribution in [0.5, 0.6) is 0 Å². The first-order chi connectivity index (χ1) is 6.57. The van der Waals surface area contributed by atoms with Crippen molar-refractivity contribution in [3.8, 4) is 0 Å². The predicted octanol–water partition coefficient (Wildman–Crippen LogP) is -0.0879. The van der Waals surface area contributed by atoms with Crippen molar-refractivity contribution in [1.82, 2.24) is 4.90 Å². The van der Waals surface area contributed by atoms with Gasteiger partial charge in [0, 0.05) is 6.54 Å². The van der Waals surface area contributed by atoms with Crippen molar-refractivity contribution in [1.29, 1.82) is 0 Å². The third kappa shape index (κ3) is 1.84. The SMILES string of the molecule is C/C(=N\O)C(=O)N1CCC[C@H]1C(=O)O. The van der Waals surface area contributed by atoms with Crippen LogP contribution in [0.1, 0.15) is 19.8 Å². The minimum absolute atomic E-state index is 0.0850. The molecule has 1 fully saturated rings. The summed E-state index contributed by atoms with van der Waals surface area (Å²) in [6, 6.07) is -0.779. The van der Waals surface area contributed by atoms with Gasteiger partial charge in [-0.2, -0.15) is 0 Å². The van der Waals surface area contributed by atoms with E-state index in [0.717, 1.165) is 0 Å². The predicted molar refractivity (Wildman–Crippen MR) is 47.3 cm³/mol. The summed E-state index contributed by atoms with van der Waals surface area (Å²) in [5.74, 6) is -1.53. The number of carbonyl (C=O) groups excluding carboxylic acids is 1. The Hall–Kier alpha value is -1.59. The third-order valence-electron chi connectivity index (χ3n) is 2.26. The Morgan fingerprint density at radius 3 is 2.64 bits per heavy atom. The summed E-state index contributed by atoms with van der Waals surface area (Å²) in [7, 11) is 0. The van der Waals surface area contributed by atoms with Crippen molar-refractivity contribution in [2.24, 2.45) is 5.16 Å². The minimum Gasteiger partial charge on any atom is -0.480 e. The zero-order chi connectivity index (χ0) is 10.7. The number of amides is 1. The Kier molecular flexibility index (Phi) is 3.06. The van der Waals surface area contributed by atoms with E-state index in [0.29, 0.717) is 19.4 Å². The molecule has 0 aromatic heterocycles. The van der Waals surface area contributed by atoms with Crippen molar-refractivity contribution in [3.05, 3.63) is 0 Å². The lowest BCUT2D eigenvalue weighted by atomic mass is 10.2. The highest BCUT2D eigenvalue weighted by atomic mass is 16.4. The van der Waals surface area contributed by atoms with Crippen LogP contribution in [0.15, 0.2) is 5.16 Å². The van der Waals surface area contributed by atoms with Gasteiger partial charge in [0.2, 0.25) is 0 Å². The van der Waals surface area contributed by atoms with Crippen LogP contribution in [0.4, 0.5) is 0 Å². The molecule has 0 unspecified atom stereocenters. The largest absolute Gasteiger partial charge is 0.480 e. The smallest absolute Gasteiger partial charge is 0.326 e. The highest BCUT2D eigenvalue weighted by molar-refractivity contribution is 6.38. The molecule has 6 heteroatoms. The second kappa shape index (κ2) is 4.08. The van der Waals surface area contributed by atoms with Gasteiger partial charge in [-0.05, 0) is 19.8 Å². The highest BCUT2D eigenvalue weighted by Crippen LogP contribution is 2.17. The quantitative estimate of drug-likeness (QED) is 0.370. The Bertz CT molecular complexity index is 287. The number of aliphatic carboxylic acids is 1. The molecule has 1 atom stereocenters. The molecule has 0 saturated carbocycles. The van der Waals surface area contributed by atoms with Gasteiger partial charge in [-0.15, -0.1) is 0 Å². The van der Waals surface area contributed by atoms with Gasteiger partial charge >= 0.3 is 5.97 Å². The molecule has 0 aromatic rings. The lowest BCUT2D eigenvalue weighted by molar-refractivity contribution is -0.146. The number of carboxylic acids is 1. The van der Waals surface area contributed by atoms with Crippen molar-refractivity contribution in [2.45, 2.75) is 25.8 Å². The van der Waals surface area contributed by atoms with Gasteiger partial charge in [-0.1, -0.05) is 5.16 Å². The monoisotopic (exact) mass is 200 g/mol. The summed E-state index contributed by atoms with van der Waals surface area (Å²) in [6.45, 7) is 1.75. The molecule has 0 aromatic carbocycles. The summed E-state index contributed by atoms with van der Waals surface area (Å²) >= 11 is 0. The molecule has 2 N–H and O–H groups in total. The molecular formula is C8H12N2O4. The van der Waals surface area contributed by atoms with Gasteiger partial charge in [0.15, 0.2) is 0 Å². The van der Waals surface area contributed by atoms with E-state index in [1.54, 1.807) is 0 Å². The van der Waals surface area contributed by atoms with Crippen molar-refractivity contribution >= 4 is 17.6 Å². The van der Waals surface area contributed by atoms with Crippen LogP contribution >= 0.6 is 0 Å². The fourth-order valence-corrected chi connectivity index (χ4v) is 1.52. The van der Waals surface area contributed by atoms with E-state index in [9.17, 15) is 9.59 Å². The minimum atomic E-state index is -1.01. The van der Waals surface area contributed by atoms with Crippen LogP contribution in [0.3, 0.4) is 0 Å². The molecular weight excluding hydrogens is 188 g/mol. The van der Waals surface area contributed by atoms with Gasteiger partial charge < -0.3 is 15.2 Å². The third-order valence-corrected chi connectivity index (χ3v) is 2.26. The number of hydrogen-bond acceptors (Lipinski definition) is 4. The van der Waals surface area contributed by atoms with E-state index in [1.165, 1.54) is 11.8 Å². The van der Waals surface area contributed by atoms with Crippen LogP contribution in [0, 0.1) is 0 Å². The van der Waals surface area contributed by atoms with Crippen LogP contribution in [0.2, 0.25) is 0 Å². The van der Waals surface area contributed by atoms with Crippen molar-refractivity contribution in [2.75, 3.05) is 6.54 Å². The molecule has 1 amide bonds. The average molecular weight is 200 g/mol. The Labute approximate surface area is 80.8 Å². The van der Waals surface area contributed by atoms with E-state index < -0.39 is 17.9 Å². The summed E-state index contributed by atoms with van der Waals surface area (Å²) in [5, 5.41) is 19.9. The first kappa shape index (κ1) is 10.5. The van der Waals surface area contributed by atoms with Crippen LogP contribution < -0.4 is 0 Å². The van der Waals surface area contributed by atoms with Gasteiger partial charge in [0.25, 0.3) is 5.91 Å². The van der Waals surface area contributed by atoms with Crippen molar-refractivity contribution in [3.63, 3.8) is 0 Å². The lowest BCUT2D eigenvalue weighted by Gasteiger charge is -2.20. The molecule has 78 valence electrons. The molecule has 0 radical (unpaired) electrons. The Morgan fingerprint density at radius 2 is 2.14 bits per heavy atom. The zero-order valence-corrected chi connectivity index (χ0v) is 7.80. The first-order valence-corrected chi connectivity index (χ1v) is 4.30. The van der Waals surface area contributed by atoms with Gasteiger partial charge in [0.05, 0.1) is 0 Å². The van der Waals surface area contributed by atoms with E-state index in [1.807, 2.05) is 0 Å². The Morgan fingerprint density at radius 1 is 1.50 bits per heavy atom. The number of carbonyl (C=O) groups is 2. The molecule has 6 nitrogen and oxygen atoms in total. The lowest BCUT2D eigenvalue weighted by Crippen LogP contribution is -2.43. The van der Waals surface area contributed by atoms with Crippen LogP contribution in [-0.4, -0.2) is 45.4 Å². The number of likely N-dealkylation sites (tertiary alicyclic amines) is 1. The van der Waals surface area contributed by atoms with Crippen LogP contribution in [-0.2, 0) is 9.59 Å². The van der Waals surface area contributed by atoms with Crippen molar-refractivity contribution < 1.29 is 19.9 Å². The number of nitrogens with zero attached hydrogens (tertiary/aromatic N) is 2. The first-order valence-electron chi connectivity index (χ1n) is 4.30.